The van der Waals surface area contributed by atoms with Crippen molar-refractivity contribution in [3.63, 3.8) is 0 Å². The lowest BCUT2D eigenvalue weighted by Gasteiger charge is -2.11. The fourth-order valence-electron chi connectivity index (χ4n) is 2.54. The van der Waals surface area contributed by atoms with Gasteiger partial charge in [0.05, 0.1) is 34.9 Å². The van der Waals surface area contributed by atoms with Gasteiger partial charge in [-0.1, -0.05) is 0 Å². The molecule has 110 valence electrons. The number of ether oxygens (including phenoxy) is 1. The fraction of sp³-hybridized carbons (Fsp3) is 0.400. The molecular weight excluding hydrogens is 268 g/mol. The molecule has 6 nitrogen and oxygen atoms in total. The van der Waals surface area contributed by atoms with Crippen molar-refractivity contribution >= 4 is 11.6 Å². The van der Waals surface area contributed by atoms with Crippen LogP contribution in [-0.4, -0.2) is 27.7 Å². The zero-order chi connectivity index (χ0) is 14.8. The van der Waals surface area contributed by atoms with E-state index < -0.39 is 0 Å². The number of aromatic nitrogens is 3. The lowest BCUT2D eigenvalue weighted by molar-refractivity contribution is 0.0979. The molecule has 0 aliphatic carbocycles. The Balaban J connectivity index is 1.81. The van der Waals surface area contributed by atoms with Crippen molar-refractivity contribution in [2.45, 2.75) is 32.8 Å². The van der Waals surface area contributed by atoms with E-state index in [1.165, 1.54) is 0 Å². The van der Waals surface area contributed by atoms with Crippen molar-refractivity contribution in [2.75, 3.05) is 11.9 Å². The summed E-state index contributed by atoms with van der Waals surface area (Å²) in [6.07, 6.45) is 3.40. The number of amides is 1. The summed E-state index contributed by atoms with van der Waals surface area (Å²) in [4.78, 5) is 16.8. The molecule has 21 heavy (non-hydrogen) atoms. The van der Waals surface area contributed by atoms with Gasteiger partial charge in [0.2, 0.25) is 0 Å². The maximum atomic E-state index is 12.4. The molecule has 0 spiro atoms. The topological polar surface area (TPSA) is 79.9 Å². The van der Waals surface area contributed by atoms with Crippen molar-refractivity contribution in [1.29, 1.82) is 0 Å². The second-order valence-electron chi connectivity index (χ2n) is 5.24. The summed E-state index contributed by atoms with van der Waals surface area (Å²) in [6, 6.07) is 3.74. The van der Waals surface area contributed by atoms with Crippen LogP contribution in [0.1, 0.15) is 46.4 Å². The molecule has 1 atom stereocenters. The van der Waals surface area contributed by atoms with E-state index in [-0.39, 0.29) is 12.0 Å². The Morgan fingerprint density at radius 2 is 2.29 bits per heavy atom. The summed E-state index contributed by atoms with van der Waals surface area (Å²) >= 11 is 0. The van der Waals surface area contributed by atoms with Crippen LogP contribution in [0.5, 0.6) is 0 Å². The molecule has 0 radical (unpaired) electrons. The van der Waals surface area contributed by atoms with Crippen LogP contribution in [0.4, 0.5) is 5.69 Å². The number of hydrogen-bond acceptors (Lipinski definition) is 4. The minimum Gasteiger partial charge on any atom is -0.372 e. The zero-order valence-electron chi connectivity index (χ0n) is 12.1. The van der Waals surface area contributed by atoms with Crippen LogP contribution in [0.2, 0.25) is 0 Å². The zero-order valence-corrected chi connectivity index (χ0v) is 12.1. The number of carbonyl (C=O) groups is 1. The average Bonchev–Trinajstić information content (AvgIpc) is 3.10. The highest BCUT2D eigenvalue weighted by Crippen LogP contribution is 2.29. The smallest absolute Gasteiger partial charge is 0.259 e. The molecule has 0 saturated carbocycles. The number of H-pyrrole nitrogens is 1. The first kappa shape index (κ1) is 13.8. The summed E-state index contributed by atoms with van der Waals surface area (Å²) in [7, 11) is 0. The fourth-order valence-corrected chi connectivity index (χ4v) is 2.54. The highest BCUT2D eigenvalue weighted by atomic mass is 16.5. The summed E-state index contributed by atoms with van der Waals surface area (Å²) in [6.45, 7) is 4.52. The van der Waals surface area contributed by atoms with Gasteiger partial charge in [0.1, 0.15) is 0 Å². The number of hydrogen-bond donors (Lipinski definition) is 2. The van der Waals surface area contributed by atoms with E-state index in [1.807, 2.05) is 26.0 Å². The van der Waals surface area contributed by atoms with E-state index in [2.05, 4.69) is 20.5 Å². The van der Waals surface area contributed by atoms with Crippen LogP contribution in [0.15, 0.2) is 18.3 Å². The average molecular weight is 286 g/mol. The molecule has 1 fully saturated rings. The SMILES string of the molecule is Cc1ccc(NC(=O)c2cn[nH]c2C2CCCO2)c(C)n1. The Morgan fingerprint density at radius 1 is 1.43 bits per heavy atom. The third-order valence-corrected chi connectivity index (χ3v) is 3.64. The molecule has 2 aromatic rings. The number of aromatic amines is 1. The molecule has 1 amide bonds. The van der Waals surface area contributed by atoms with Gasteiger partial charge in [0, 0.05) is 12.3 Å². The Bertz CT molecular complexity index is 659. The van der Waals surface area contributed by atoms with Crippen LogP contribution < -0.4 is 5.32 Å². The van der Waals surface area contributed by atoms with Gasteiger partial charge in [-0.25, -0.2) is 0 Å². The van der Waals surface area contributed by atoms with Gasteiger partial charge in [-0.15, -0.1) is 0 Å². The molecule has 1 unspecified atom stereocenters. The quantitative estimate of drug-likeness (QED) is 0.908. The van der Waals surface area contributed by atoms with Gasteiger partial charge in [0.25, 0.3) is 5.91 Å². The minimum absolute atomic E-state index is 0.0644. The summed E-state index contributed by atoms with van der Waals surface area (Å²) in [5.74, 6) is -0.192. The summed E-state index contributed by atoms with van der Waals surface area (Å²) in [5.41, 5.74) is 3.72. The van der Waals surface area contributed by atoms with Crippen LogP contribution >= 0.6 is 0 Å². The van der Waals surface area contributed by atoms with Crippen molar-refractivity contribution in [3.8, 4) is 0 Å². The number of rotatable bonds is 3. The number of nitrogens with zero attached hydrogens (tertiary/aromatic N) is 2. The van der Waals surface area contributed by atoms with Crippen LogP contribution in [0.25, 0.3) is 0 Å². The number of aryl methyl sites for hydroxylation is 2. The lowest BCUT2D eigenvalue weighted by Crippen LogP contribution is -2.15. The second-order valence-corrected chi connectivity index (χ2v) is 5.24. The molecule has 2 N–H and O–H groups in total. The lowest BCUT2D eigenvalue weighted by atomic mass is 10.1. The highest BCUT2D eigenvalue weighted by Gasteiger charge is 2.25. The van der Waals surface area contributed by atoms with Gasteiger partial charge in [0.15, 0.2) is 0 Å². The van der Waals surface area contributed by atoms with E-state index >= 15 is 0 Å². The molecule has 1 aliphatic rings. The Hall–Kier alpha value is -2.21. The molecule has 1 saturated heterocycles. The minimum atomic E-state index is -0.192. The monoisotopic (exact) mass is 286 g/mol. The third-order valence-electron chi connectivity index (χ3n) is 3.64. The first-order chi connectivity index (χ1) is 10.1. The first-order valence-electron chi connectivity index (χ1n) is 7.05. The van der Waals surface area contributed by atoms with E-state index in [9.17, 15) is 4.79 Å². The standard InChI is InChI=1S/C15H18N4O2/c1-9-5-6-12(10(2)17-9)18-15(20)11-8-16-19-14(11)13-4-3-7-21-13/h5-6,8,13H,3-4,7H2,1-2H3,(H,16,19)(H,18,20). The maximum absolute atomic E-state index is 12.4. The van der Waals surface area contributed by atoms with E-state index in [4.69, 9.17) is 4.74 Å². The normalized spacial score (nSPS) is 17.9. The largest absolute Gasteiger partial charge is 0.372 e. The number of anilines is 1. The van der Waals surface area contributed by atoms with Crippen molar-refractivity contribution in [1.82, 2.24) is 15.2 Å². The summed E-state index contributed by atoms with van der Waals surface area (Å²) < 4.78 is 5.61. The molecular formula is C15H18N4O2. The third kappa shape index (κ3) is 2.80. The van der Waals surface area contributed by atoms with Gasteiger partial charge in [-0.2, -0.15) is 5.10 Å². The number of carbonyl (C=O) groups excluding carboxylic acids is 1. The van der Waals surface area contributed by atoms with Crippen molar-refractivity contribution < 1.29 is 9.53 Å². The molecule has 1 aliphatic heterocycles. The second kappa shape index (κ2) is 5.65. The van der Waals surface area contributed by atoms with Crippen LogP contribution in [0, 0.1) is 13.8 Å². The number of nitrogens with one attached hydrogen (secondary N) is 2. The Kier molecular flexibility index (Phi) is 3.70. The van der Waals surface area contributed by atoms with Gasteiger partial charge >= 0.3 is 0 Å². The van der Waals surface area contributed by atoms with Crippen molar-refractivity contribution in [2.24, 2.45) is 0 Å². The first-order valence-corrected chi connectivity index (χ1v) is 7.05. The van der Waals surface area contributed by atoms with E-state index in [0.29, 0.717) is 11.3 Å². The van der Waals surface area contributed by atoms with E-state index in [1.54, 1.807) is 6.20 Å². The molecule has 6 heteroatoms. The predicted octanol–water partition coefficient (Wildman–Crippen LogP) is 2.53. The molecule has 3 rings (SSSR count). The molecule has 2 aromatic heterocycles. The van der Waals surface area contributed by atoms with Gasteiger partial charge < -0.3 is 10.1 Å². The molecule has 3 heterocycles. The number of pyridine rings is 1. The Morgan fingerprint density at radius 3 is 3.00 bits per heavy atom. The van der Waals surface area contributed by atoms with Crippen molar-refractivity contribution in [3.05, 3.63) is 41.0 Å². The molecule has 0 aromatic carbocycles. The Labute approximate surface area is 122 Å². The van der Waals surface area contributed by atoms with Crippen LogP contribution in [-0.2, 0) is 4.74 Å². The van der Waals surface area contributed by atoms with Crippen LogP contribution in [0.3, 0.4) is 0 Å². The van der Waals surface area contributed by atoms with E-state index in [0.717, 1.165) is 36.5 Å². The predicted molar refractivity (Wildman–Crippen MR) is 78.2 cm³/mol. The maximum Gasteiger partial charge on any atom is 0.259 e. The molecule has 0 bridgehead atoms. The van der Waals surface area contributed by atoms with Gasteiger partial charge in [-0.05, 0) is 38.8 Å². The van der Waals surface area contributed by atoms with Gasteiger partial charge in [-0.3, -0.25) is 14.9 Å². The highest BCUT2D eigenvalue weighted by molar-refractivity contribution is 6.05. The summed E-state index contributed by atoms with van der Waals surface area (Å²) in [5, 5.41) is 9.76.